The minimum atomic E-state index is -0.834. The second-order valence-electron chi connectivity index (χ2n) is 4.03. The highest BCUT2D eigenvalue weighted by molar-refractivity contribution is 9.10. The largest absolute Gasteiger partial charge is 0.480 e. The van der Waals surface area contributed by atoms with E-state index < -0.39 is 10.8 Å². The summed E-state index contributed by atoms with van der Waals surface area (Å²) in [6, 6.07) is 18.0. The maximum Gasteiger partial charge on any atom is 0.317 e. The van der Waals surface area contributed by atoms with Crippen LogP contribution in [-0.2, 0) is 11.2 Å². The van der Waals surface area contributed by atoms with Crippen LogP contribution in [0.3, 0.4) is 0 Å². The second-order valence-corrected chi connectivity index (χ2v) is 6.25. The molecule has 0 bridgehead atoms. The highest BCUT2D eigenvalue weighted by Gasteiger charge is 2.15. The van der Waals surface area contributed by atoms with Gasteiger partial charge in [0.1, 0.15) is 4.83 Å². The average molecular weight is 337 g/mol. The van der Waals surface area contributed by atoms with Gasteiger partial charge in [-0.1, -0.05) is 64.1 Å². The molecule has 0 aliphatic carbocycles. The average Bonchev–Trinajstić information content (AvgIpc) is 2.42. The van der Waals surface area contributed by atoms with Gasteiger partial charge in [0.05, 0.1) is 0 Å². The Morgan fingerprint density at radius 3 is 2.42 bits per heavy atom. The molecule has 0 aliphatic heterocycles. The third-order valence-corrected chi connectivity index (χ3v) is 4.45. The van der Waals surface area contributed by atoms with Gasteiger partial charge < -0.3 is 5.11 Å². The van der Waals surface area contributed by atoms with Crippen molar-refractivity contribution in [3.63, 3.8) is 0 Å². The van der Waals surface area contributed by atoms with Crippen molar-refractivity contribution in [2.75, 3.05) is 0 Å². The molecule has 4 heteroatoms. The van der Waals surface area contributed by atoms with Gasteiger partial charge in [0.25, 0.3) is 0 Å². The minimum Gasteiger partial charge on any atom is -0.480 e. The number of halogens is 1. The van der Waals surface area contributed by atoms with Crippen molar-refractivity contribution in [3.8, 4) is 0 Å². The number of hydrogen-bond acceptors (Lipinski definition) is 2. The molecule has 0 aliphatic rings. The molecule has 2 rings (SSSR count). The highest BCUT2D eigenvalue weighted by atomic mass is 79.9. The van der Waals surface area contributed by atoms with Crippen LogP contribution >= 0.6 is 27.7 Å². The number of rotatable bonds is 5. The van der Waals surface area contributed by atoms with E-state index >= 15 is 0 Å². The topological polar surface area (TPSA) is 37.3 Å². The van der Waals surface area contributed by atoms with E-state index in [9.17, 15) is 4.79 Å². The van der Waals surface area contributed by atoms with Crippen LogP contribution in [0.4, 0.5) is 0 Å². The molecule has 0 amide bonds. The zero-order valence-corrected chi connectivity index (χ0v) is 12.5. The molecule has 0 heterocycles. The third kappa shape index (κ3) is 4.11. The van der Waals surface area contributed by atoms with Gasteiger partial charge in [-0.3, -0.25) is 4.79 Å². The first-order valence-electron chi connectivity index (χ1n) is 5.84. The summed E-state index contributed by atoms with van der Waals surface area (Å²) in [4.78, 5) is 12.6. The van der Waals surface area contributed by atoms with E-state index in [2.05, 4.69) is 15.9 Å². The molecule has 1 unspecified atom stereocenters. The molecule has 1 atom stereocenters. The van der Waals surface area contributed by atoms with Crippen LogP contribution < -0.4 is 0 Å². The maximum atomic E-state index is 10.9. The summed E-state index contributed by atoms with van der Waals surface area (Å²) in [7, 11) is 0. The van der Waals surface area contributed by atoms with Crippen LogP contribution in [0.5, 0.6) is 0 Å². The Hall–Kier alpha value is -1.26. The molecule has 19 heavy (non-hydrogen) atoms. The molecule has 2 aromatic carbocycles. The van der Waals surface area contributed by atoms with Crippen molar-refractivity contribution >= 4 is 33.7 Å². The van der Waals surface area contributed by atoms with E-state index in [0.717, 1.165) is 15.4 Å². The SMILES string of the molecule is O=C(O)C(Br)Cc1ccccc1Sc1ccccc1. The van der Waals surface area contributed by atoms with Gasteiger partial charge in [0.15, 0.2) is 0 Å². The Balaban J connectivity index is 2.19. The number of alkyl halides is 1. The van der Waals surface area contributed by atoms with Gasteiger partial charge in [-0.25, -0.2) is 0 Å². The Labute approximate surface area is 125 Å². The molecule has 0 radical (unpaired) electrons. The Bertz CT molecular complexity index is 557. The molecule has 0 saturated carbocycles. The van der Waals surface area contributed by atoms with Crippen molar-refractivity contribution in [1.29, 1.82) is 0 Å². The molecular weight excluding hydrogens is 324 g/mol. The van der Waals surface area contributed by atoms with Crippen molar-refractivity contribution in [3.05, 3.63) is 60.2 Å². The number of carboxylic acids is 1. The number of carbonyl (C=O) groups is 1. The molecule has 98 valence electrons. The summed E-state index contributed by atoms with van der Waals surface area (Å²) in [5.74, 6) is -0.834. The van der Waals surface area contributed by atoms with Gasteiger partial charge in [-0.05, 0) is 30.2 Å². The summed E-state index contributed by atoms with van der Waals surface area (Å²) in [6.07, 6.45) is 0.478. The highest BCUT2D eigenvalue weighted by Crippen LogP contribution is 2.31. The van der Waals surface area contributed by atoms with Crippen LogP contribution in [0.15, 0.2) is 64.4 Å². The zero-order chi connectivity index (χ0) is 13.7. The second kappa shape index (κ2) is 6.78. The fourth-order valence-corrected chi connectivity index (χ4v) is 2.99. The molecular formula is C15H13BrO2S. The number of carboxylic acid groups (broad SMARTS) is 1. The number of benzene rings is 2. The number of aliphatic carboxylic acids is 1. The van der Waals surface area contributed by atoms with Crippen LogP contribution in [0.1, 0.15) is 5.56 Å². The summed E-state index contributed by atoms with van der Waals surface area (Å²) in [5, 5.41) is 8.97. The van der Waals surface area contributed by atoms with Gasteiger partial charge >= 0.3 is 5.97 Å². The number of hydrogen-bond donors (Lipinski definition) is 1. The monoisotopic (exact) mass is 336 g/mol. The van der Waals surface area contributed by atoms with Crippen LogP contribution in [0.25, 0.3) is 0 Å². The molecule has 2 nitrogen and oxygen atoms in total. The van der Waals surface area contributed by atoms with E-state index in [0.29, 0.717) is 6.42 Å². The molecule has 0 fully saturated rings. The lowest BCUT2D eigenvalue weighted by Gasteiger charge is -2.10. The maximum absolute atomic E-state index is 10.9. The van der Waals surface area contributed by atoms with Gasteiger partial charge in [-0.2, -0.15) is 0 Å². The van der Waals surface area contributed by atoms with E-state index in [1.54, 1.807) is 11.8 Å². The molecule has 2 aromatic rings. The molecule has 0 aromatic heterocycles. The smallest absolute Gasteiger partial charge is 0.317 e. The van der Waals surface area contributed by atoms with Crippen LogP contribution in [0, 0.1) is 0 Å². The summed E-state index contributed by atoms with van der Waals surface area (Å²) >= 11 is 4.84. The first-order chi connectivity index (χ1) is 9.16. The fraction of sp³-hybridized carbons (Fsp3) is 0.133. The van der Waals surface area contributed by atoms with Crippen molar-refractivity contribution in [2.45, 2.75) is 21.0 Å². The Morgan fingerprint density at radius 2 is 1.74 bits per heavy atom. The third-order valence-electron chi connectivity index (χ3n) is 2.61. The summed E-state index contributed by atoms with van der Waals surface area (Å²) in [6.45, 7) is 0. The zero-order valence-electron chi connectivity index (χ0n) is 10.1. The van der Waals surface area contributed by atoms with E-state index in [1.807, 2.05) is 54.6 Å². The minimum absolute atomic E-state index is 0.478. The van der Waals surface area contributed by atoms with E-state index in [1.165, 1.54) is 0 Å². The molecule has 1 N–H and O–H groups in total. The van der Waals surface area contributed by atoms with E-state index in [4.69, 9.17) is 5.11 Å². The predicted octanol–water partition coefficient (Wildman–Crippen LogP) is 4.23. The van der Waals surface area contributed by atoms with Crippen molar-refractivity contribution < 1.29 is 9.90 Å². The van der Waals surface area contributed by atoms with Crippen molar-refractivity contribution in [1.82, 2.24) is 0 Å². The lowest BCUT2D eigenvalue weighted by Crippen LogP contribution is -2.15. The van der Waals surface area contributed by atoms with Gasteiger partial charge in [-0.15, -0.1) is 0 Å². The lowest BCUT2D eigenvalue weighted by atomic mass is 10.1. The molecule has 0 saturated heterocycles. The van der Waals surface area contributed by atoms with Crippen LogP contribution in [0.2, 0.25) is 0 Å². The lowest BCUT2D eigenvalue weighted by molar-refractivity contribution is -0.136. The Morgan fingerprint density at radius 1 is 1.11 bits per heavy atom. The Kier molecular flexibility index (Phi) is 5.05. The predicted molar refractivity (Wildman–Crippen MR) is 81.1 cm³/mol. The normalized spacial score (nSPS) is 12.1. The molecule has 0 spiro atoms. The summed E-state index contributed by atoms with van der Waals surface area (Å²) < 4.78 is 0. The van der Waals surface area contributed by atoms with Crippen molar-refractivity contribution in [2.24, 2.45) is 0 Å². The summed E-state index contributed by atoms with van der Waals surface area (Å²) in [5.41, 5.74) is 1.04. The van der Waals surface area contributed by atoms with E-state index in [-0.39, 0.29) is 0 Å². The standard InChI is InChI=1S/C15H13BrO2S/c16-13(15(17)18)10-11-6-4-5-9-14(11)19-12-7-2-1-3-8-12/h1-9,13H,10H2,(H,17,18). The fourth-order valence-electron chi connectivity index (χ4n) is 1.67. The van der Waals surface area contributed by atoms with Crippen LogP contribution in [-0.4, -0.2) is 15.9 Å². The quantitative estimate of drug-likeness (QED) is 0.830. The van der Waals surface area contributed by atoms with Gasteiger partial charge in [0.2, 0.25) is 0 Å². The van der Waals surface area contributed by atoms with Gasteiger partial charge in [0, 0.05) is 9.79 Å². The first kappa shape index (κ1) is 14.2. The first-order valence-corrected chi connectivity index (χ1v) is 7.57.